The van der Waals surface area contributed by atoms with Gasteiger partial charge >= 0.3 is 29.6 Å². The van der Waals surface area contributed by atoms with Gasteiger partial charge in [0.15, 0.2) is 5.78 Å². The summed E-state index contributed by atoms with van der Waals surface area (Å²) < 4.78 is 32.1. The van der Waals surface area contributed by atoms with Crippen molar-refractivity contribution < 1.29 is 58.5 Å². The summed E-state index contributed by atoms with van der Waals surface area (Å²) >= 11 is 0. The summed E-state index contributed by atoms with van der Waals surface area (Å²) in [5, 5.41) is 11.1. The number of hydrogen-bond donors (Lipinski definition) is 1. The molecule has 0 amide bonds. The topological polar surface area (TPSA) is 132 Å². The average molecular weight is 357 g/mol. The minimum absolute atomic E-state index is 0. The minimum atomic E-state index is -4.74. The molecule has 0 aliphatic heterocycles. The maximum absolute atomic E-state index is 12.5. The Kier molecular flexibility index (Phi) is 4.75. The Morgan fingerprint density at radius 2 is 1.46 bits per heavy atom. The van der Waals surface area contributed by atoms with Crippen LogP contribution in [-0.2, 0) is 10.1 Å². The molecule has 3 rings (SSSR count). The quantitative estimate of drug-likeness (QED) is 0.262. The zero-order valence-corrected chi connectivity index (χ0v) is 15.0. The summed E-state index contributed by atoms with van der Waals surface area (Å²) in [7, 11) is -4.74. The molecule has 0 saturated carbocycles. The maximum Gasteiger partial charge on any atom is 1.00 e. The van der Waals surface area contributed by atoms with E-state index >= 15 is 0 Å². The molecule has 2 aromatic carbocycles. The number of ketones is 2. The van der Waals surface area contributed by atoms with E-state index in [4.69, 9.17) is 0 Å². The fourth-order valence-electron chi connectivity index (χ4n) is 2.56. The molecule has 0 atom stereocenters. The van der Waals surface area contributed by atoms with Gasteiger partial charge in [0.2, 0.25) is 5.78 Å². The van der Waals surface area contributed by atoms with Gasteiger partial charge in [-0.2, -0.15) is 8.42 Å². The monoisotopic (exact) mass is 357 g/mol. The second-order valence-electron chi connectivity index (χ2n) is 4.77. The summed E-state index contributed by atoms with van der Waals surface area (Å²) in [6.07, 6.45) is 0. The summed E-state index contributed by atoms with van der Waals surface area (Å²) in [4.78, 5) is 34.6. The maximum atomic E-state index is 12.5. The molecule has 0 aromatic heterocycles. The Labute approximate surface area is 159 Å². The molecule has 0 bridgehead atoms. The Bertz CT molecular complexity index is 1020. The molecular formula is C14H8NNaO7S. The predicted molar refractivity (Wildman–Crippen MR) is 77.3 cm³/mol. The van der Waals surface area contributed by atoms with Crippen LogP contribution in [0.4, 0.5) is 5.69 Å². The molecule has 1 aliphatic carbocycles. The van der Waals surface area contributed by atoms with Gasteiger partial charge in [-0.15, -0.1) is 0 Å². The first kappa shape index (κ1) is 18.4. The molecule has 0 fully saturated rings. The van der Waals surface area contributed by atoms with Crippen LogP contribution in [0.1, 0.15) is 33.3 Å². The van der Waals surface area contributed by atoms with E-state index in [9.17, 15) is 32.7 Å². The number of benzene rings is 2. The molecule has 2 aromatic rings. The van der Waals surface area contributed by atoms with E-state index in [1.165, 1.54) is 24.3 Å². The molecule has 0 saturated heterocycles. The molecule has 1 N–H and O–H groups in total. The van der Waals surface area contributed by atoms with Gasteiger partial charge in [0.1, 0.15) is 10.5 Å². The van der Waals surface area contributed by atoms with Crippen molar-refractivity contribution in [1.29, 1.82) is 0 Å². The first-order valence-corrected chi connectivity index (χ1v) is 7.65. The Hall–Kier alpha value is -1.91. The van der Waals surface area contributed by atoms with Crippen LogP contribution in [0, 0.1) is 10.1 Å². The van der Waals surface area contributed by atoms with Gasteiger partial charge in [-0.25, -0.2) is 0 Å². The average Bonchev–Trinajstić information content (AvgIpc) is 2.50. The summed E-state index contributed by atoms with van der Waals surface area (Å²) in [6, 6.07) is 6.86. The summed E-state index contributed by atoms with van der Waals surface area (Å²) in [6.45, 7) is 0. The van der Waals surface area contributed by atoms with Crippen molar-refractivity contribution >= 4 is 27.4 Å². The van der Waals surface area contributed by atoms with E-state index in [0.717, 1.165) is 12.1 Å². The van der Waals surface area contributed by atoms with Gasteiger partial charge in [-0.1, -0.05) is 18.2 Å². The minimum Gasteiger partial charge on any atom is -1.00 e. The van der Waals surface area contributed by atoms with Gasteiger partial charge in [0.05, 0.1) is 10.5 Å². The van der Waals surface area contributed by atoms with E-state index < -0.39 is 42.8 Å². The molecule has 8 nitrogen and oxygen atoms in total. The van der Waals surface area contributed by atoms with E-state index in [-0.39, 0.29) is 47.7 Å². The molecule has 0 heterocycles. The van der Waals surface area contributed by atoms with E-state index in [1.54, 1.807) is 0 Å². The zero-order valence-electron chi connectivity index (χ0n) is 13.2. The first-order chi connectivity index (χ1) is 10.7. The number of carbonyl (C=O) groups is 2. The third-order valence-electron chi connectivity index (χ3n) is 3.49. The molecule has 1 aliphatic rings. The smallest absolute Gasteiger partial charge is 1.00 e. The van der Waals surface area contributed by atoms with Crippen LogP contribution in [0.5, 0.6) is 0 Å². The SMILES string of the molecule is O=C1c2cccc(S(=O)(=O)O)c2C(=O)c2cccc([N+](=O)[O-])c21.[H-].[Na+]. The Morgan fingerprint density at radius 3 is 2.00 bits per heavy atom. The van der Waals surface area contributed by atoms with E-state index in [0.29, 0.717) is 0 Å². The van der Waals surface area contributed by atoms with Crippen LogP contribution in [0.3, 0.4) is 0 Å². The molecule has 0 radical (unpaired) electrons. The van der Waals surface area contributed by atoms with E-state index in [1.807, 2.05) is 0 Å². The van der Waals surface area contributed by atoms with Crippen LogP contribution in [0.25, 0.3) is 0 Å². The van der Waals surface area contributed by atoms with Crippen molar-refractivity contribution in [2.24, 2.45) is 0 Å². The third kappa shape index (κ3) is 2.70. The second kappa shape index (κ2) is 6.19. The van der Waals surface area contributed by atoms with Gasteiger partial charge in [-0.05, 0) is 12.1 Å². The summed E-state index contributed by atoms with van der Waals surface area (Å²) in [5.41, 5.74) is -1.97. The van der Waals surface area contributed by atoms with E-state index in [2.05, 4.69) is 0 Å². The van der Waals surface area contributed by atoms with Crippen molar-refractivity contribution in [2.75, 3.05) is 0 Å². The number of hydrogen-bond acceptors (Lipinski definition) is 6. The molecule has 10 heteroatoms. The number of fused-ring (bicyclic) bond motifs is 2. The number of nitro benzene ring substituents is 1. The van der Waals surface area contributed by atoms with Crippen molar-refractivity contribution in [3.63, 3.8) is 0 Å². The summed E-state index contributed by atoms with van der Waals surface area (Å²) in [5.74, 6) is -1.71. The fraction of sp³-hybridized carbons (Fsp3) is 0. The van der Waals surface area contributed by atoms with Crippen molar-refractivity contribution in [1.82, 2.24) is 0 Å². The number of carbonyl (C=O) groups excluding carboxylic acids is 2. The molecule has 24 heavy (non-hydrogen) atoms. The third-order valence-corrected chi connectivity index (χ3v) is 4.38. The molecule has 0 spiro atoms. The van der Waals surface area contributed by atoms with Crippen LogP contribution in [0.15, 0.2) is 41.3 Å². The first-order valence-electron chi connectivity index (χ1n) is 6.21. The van der Waals surface area contributed by atoms with Crippen LogP contribution in [0.2, 0.25) is 0 Å². The number of nitro groups is 1. The Balaban J connectivity index is 0.00000156. The number of nitrogens with zero attached hydrogens (tertiary/aromatic N) is 1. The largest absolute Gasteiger partial charge is 1.00 e. The standard InChI is InChI=1S/C14H7NO7S.Na.H/c16-13-8-4-2-6-10(23(20,21)22)12(8)14(17)7-3-1-5-9(11(7)13)15(18)19;;/h1-6H,(H,20,21,22);;/q;+1;-1. The van der Waals surface area contributed by atoms with Crippen molar-refractivity contribution in [3.8, 4) is 0 Å². The molecular weight excluding hydrogens is 349 g/mol. The van der Waals surface area contributed by atoms with Gasteiger partial charge in [0, 0.05) is 17.2 Å². The second-order valence-corrected chi connectivity index (χ2v) is 6.16. The van der Waals surface area contributed by atoms with Crippen LogP contribution in [-0.4, -0.2) is 29.5 Å². The molecule has 0 unspecified atom stereocenters. The Morgan fingerprint density at radius 1 is 0.958 bits per heavy atom. The predicted octanol–water partition coefficient (Wildman–Crippen LogP) is -1.27. The van der Waals surface area contributed by atoms with Gasteiger partial charge in [-0.3, -0.25) is 24.3 Å². The number of rotatable bonds is 2. The van der Waals surface area contributed by atoms with Gasteiger partial charge < -0.3 is 1.43 Å². The molecule has 118 valence electrons. The normalized spacial score (nSPS) is 12.9. The van der Waals surface area contributed by atoms with Gasteiger partial charge in [0.25, 0.3) is 15.8 Å². The van der Waals surface area contributed by atoms with Crippen LogP contribution < -0.4 is 29.6 Å². The zero-order chi connectivity index (χ0) is 16.9. The fourth-order valence-corrected chi connectivity index (χ4v) is 3.27. The van der Waals surface area contributed by atoms with Crippen LogP contribution >= 0.6 is 0 Å². The van der Waals surface area contributed by atoms with Crippen molar-refractivity contribution in [3.05, 3.63) is 68.8 Å². The van der Waals surface area contributed by atoms with Crippen molar-refractivity contribution in [2.45, 2.75) is 4.90 Å².